The molecule has 0 saturated carbocycles. The summed E-state index contributed by atoms with van der Waals surface area (Å²) < 4.78 is 4.86. The Morgan fingerprint density at radius 1 is 1.50 bits per heavy atom. The Balaban J connectivity index is 2.41. The zero-order chi connectivity index (χ0) is 13.4. The average molecular weight is 258 g/mol. The summed E-state index contributed by atoms with van der Waals surface area (Å²) in [5.41, 5.74) is 0. The molecule has 1 fully saturated rings. The van der Waals surface area contributed by atoms with Crippen LogP contribution in [-0.2, 0) is 14.3 Å². The minimum atomic E-state index is -0.281. The fourth-order valence-corrected chi connectivity index (χ4v) is 1.89. The maximum atomic E-state index is 11.7. The van der Waals surface area contributed by atoms with Gasteiger partial charge in [-0.3, -0.25) is 14.5 Å². The first-order valence-electron chi connectivity index (χ1n) is 6.11. The highest BCUT2D eigenvalue weighted by molar-refractivity contribution is 5.83. The van der Waals surface area contributed by atoms with Gasteiger partial charge in [-0.2, -0.15) is 0 Å². The summed E-state index contributed by atoms with van der Waals surface area (Å²) in [7, 11) is 3.19. The molecular formula is C11H22N4O3. The first kappa shape index (κ1) is 14.9. The van der Waals surface area contributed by atoms with Crippen molar-refractivity contribution < 1.29 is 14.3 Å². The van der Waals surface area contributed by atoms with Crippen LogP contribution in [0.4, 0.5) is 0 Å². The van der Waals surface area contributed by atoms with E-state index in [-0.39, 0.29) is 24.4 Å². The number of likely N-dealkylation sites (N-methyl/N-ethyl adjacent to an activating group) is 1. The molecule has 1 rings (SSSR count). The molecule has 1 heterocycles. The lowest BCUT2D eigenvalue weighted by Gasteiger charge is -2.34. The van der Waals surface area contributed by atoms with Crippen LogP contribution in [0.25, 0.3) is 0 Å². The van der Waals surface area contributed by atoms with E-state index < -0.39 is 0 Å². The summed E-state index contributed by atoms with van der Waals surface area (Å²) in [6, 6.07) is -0.281. The van der Waals surface area contributed by atoms with Gasteiger partial charge in [0.2, 0.25) is 11.8 Å². The van der Waals surface area contributed by atoms with Crippen LogP contribution in [-0.4, -0.2) is 76.2 Å². The van der Waals surface area contributed by atoms with Crippen LogP contribution in [0.15, 0.2) is 0 Å². The van der Waals surface area contributed by atoms with E-state index in [1.807, 2.05) is 4.90 Å². The lowest BCUT2D eigenvalue weighted by Crippen LogP contribution is -2.59. The van der Waals surface area contributed by atoms with E-state index in [1.54, 1.807) is 14.2 Å². The summed E-state index contributed by atoms with van der Waals surface area (Å²) in [4.78, 5) is 25.2. The van der Waals surface area contributed by atoms with Crippen molar-refractivity contribution >= 4 is 11.8 Å². The van der Waals surface area contributed by atoms with Crippen LogP contribution in [0, 0.1) is 0 Å². The molecule has 1 saturated heterocycles. The van der Waals surface area contributed by atoms with Crippen LogP contribution >= 0.6 is 0 Å². The van der Waals surface area contributed by atoms with Crippen LogP contribution in [0.3, 0.4) is 0 Å². The number of rotatable bonds is 6. The second-order valence-electron chi connectivity index (χ2n) is 4.15. The molecule has 1 aliphatic heterocycles. The first-order chi connectivity index (χ1) is 8.69. The zero-order valence-electron chi connectivity index (χ0n) is 11.0. The molecule has 0 radical (unpaired) electrons. The molecule has 0 bridgehead atoms. The van der Waals surface area contributed by atoms with Crippen molar-refractivity contribution in [3.05, 3.63) is 0 Å². The highest BCUT2D eigenvalue weighted by Gasteiger charge is 2.28. The molecule has 104 valence electrons. The molecule has 0 spiro atoms. The number of nitrogens with zero attached hydrogens (tertiary/aromatic N) is 1. The van der Waals surface area contributed by atoms with E-state index in [4.69, 9.17) is 4.74 Å². The van der Waals surface area contributed by atoms with Gasteiger partial charge in [0, 0.05) is 40.3 Å². The third-order valence-corrected chi connectivity index (χ3v) is 2.88. The number of nitrogens with one attached hydrogen (secondary N) is 3. The molecule has 0 aromatic carbocycles. The summed E-state index contributed by atoms with van der Waals surface area (Å²) in [5, 5.41) is 8.52. The van der Waals surface area contributed by atoms with E-state index in [0.717, 1.165) is 6.54 Å². The molecule has 7 nitrogen and oxygen atoms in total. The van der Waals surface area contributed by atoms with E-state index >= 15 is 0 Å². The van der Waals surface area contributed by atoms with Crippen molar-refractivity contribution in [3.63, 3.8) is 0 Å². The van der Waals surface area contributed by atoms with Crippen molar-refractivity contribution in [1.29, 1.82) is 0 Å². The number of ether oxygens (including phenoxy) is 1. The van der Waals surface area contributed by atoms with Crippen LogP contribution in [0.1, 0.15) is 0 Å². The Morgan fingerprint density at radius 2 is 2.28 bits per heavy atom. The number of hydrogen-bond acceptors (Lipinski definition) is 5. The van der Waals surface area contributed by atoms with E-state index in [0.29, 0.717) is 26.2 Å². The Kier molecular flexibility index (Phi) is 6.63. The number of piperazine rings is 1. The average Bonchev–Trinajstić information content (AvgIpc) is 2.39. The molecule has 18 heavy (non-hydrogen) atoms. The van der Waals surface area contributed by atoms with Gasteiger partial charge in [-0.25, -0.2) is 0 Å². The van der Waals surface area contributed by atoms with Crippen molar-refractivity contribution in [3.8, 4) is 0 Å². The molecule has 1 aliphatic rings. The number of carbonyl (C=O) groups excluding carboxylic acids is 2. The van der Waals surface area contributed by atoms with Gasteiger partial charge in [-0.1, -0.05) is 0 Å². The lowest BCUT2D eigenvalue weighted by atomic mass is 10.1. The Bertz CT molecular complexity index is 285. The minimum Gasteiger partial charge on any atom is -0.383 e. The second kappa shape index (κ2) is 8.02. The molecule has 1 atom stereocenters. The van der Waals surface area contributed by atoms with Gasteiger partial charge in [0.15, 0.2) is 0 Å². The van der Waals surface area contributed by atoms with E-state index in [2.05, 4.69) is 16.0 Å². The fraction of sp³-hybridized carbons (Fsp3) is 0.818. The summed E-state index contributed by atoms with van der Waals surface area (Å²) >= 11 is 0. The maximum Gasteiger partial charge on any atom is 0.238 e. The topological polar surface area (TPSA) is 82.7 Å². The van der Waals surface area contributed by atoms with Crippen LogP contribution < -0.4 is 16.0 Å². The van der Waals surface area contributed by atoms with Gasteiger partial charge in [0.05, 0.1) is 13.2 Å². The standard InChI is InChI=1S/C11H22N4O3/c1-12-11(17)9-7-13-3-5-15(9)8-10(16)14-4-6-18-2/h9,13H,3-8H2,1-2H3,(H,12,17)(H,14,16). The highest BCUT2D eigenvalue weighted by Crippen LogP contribution is 2.02. The molecule has 0 aliphatic carbocycles. The Hall–Kier alpha value is -1.18. The van der Waals surface area contributed by atoms with Gasteiger partial charge in [-0.15, -0.1) is 0 Å². The van der Waals surface area contributed by atoms with Crippen molar-refractivity contribution in [2.45, 2.75) is 6.04 Å². The molecule has 3 N–H and O–H groups in total. The third kappa shape index (κ3) is 4.59. The first-order valence-corrected chi connectivity index (χ1v) is 6.11. The van der Waals surface area contributed by atoms with Gasteiger partial charge >= 0.3 is 0 Å². The predicted octanol–water partition coefficient (Wildman–Crippen LogP) is -2.23. The molecule has 0 aromatic heterocycles. The number of amides is 2. The quantitative estimate of drug-likeness (QED) is 0.470. The van der Waals surface area contributed by atoms with Crippen LogP contribution in [0.5, 0.6) is 0 Å². The van der Waals surface area contributed by atoms with Crippen molar-refractivity contribution in [2.24, 2.45) is 0 Å². The number of hydrogen-bond donors (Lipinski definition) is 3. The van der Waals surface area contributed by atoms with Gasteiger partial charge in [0.25, 0.3) is 0 Å². The monoisotopic (exact) mass is 258 g/mol. The summed E-state index contributed by atoms with van der Waals surface area (Å²) in [5.74, 6) is -0.144. The van der Waals surface area contributed by atoms with Gasteiger partial charge in [-0.05, 0) is 0 Å². The molecule has 1 unspecified atom stereocenters. The van der Waals surface area contributed by atoms with Gasteiger partial charge in [0.1, 0.15) is 6.04 Å². The smallest absolute Gasteiger partial charge is 0.238 e. The van der Waals surface area contributed by atoms with E-state index in [9.17, 15) is 9.59 Å². The van der Waals surface area contributed by atoms with Crippen LogP contribution in [0.2, 0.25) is 0 Å². The molecule has 2 amide bonds. The SMILES string of the molecule is CNC(=O)C1CNCCN1CC(=O)NCCOC. The predicted molar refractivity (Wildman–Crippen MR) is 67.2 cm³/mol. The second-order valence-corrected chi connectivity index (χ2v) is 4.15. The van der Waals surface area contributed by atoms with Crippen molar-refractivity contribution in [1.82, 2.24) is 20.9 Å². The number of carbonyl (C=O) groups is 2. The number of methoxy groups -OCH3 is 1. The summed E-state index contributed by atoms with van der Waals surface area (Å²) in [6.45, 7) is 3.28. The lowest BCUT2D eigenvalue weighted by molar-refractivity contribution is -0.129. The normalized spacial score (nSPS) is 20.4. The maximum absolute atomic E-state index is 11.7. The highest BCUT2D eigenvalue weighted by atomic mass is 16.5. The fourth-order valence-electron chi connectivity index (χ4n) is 1.89. The molecular weight excluding hydrogens is 236 g/mol. The Labute approximate surface area is 107 Å². The largest absolute Gasteiger partial charge is 0.383 e. The Morgan fingerprint density at radius 3 is 2.94 bits per heavy atom. The third-order valence-electron chi connectivity index (χ3n) is 2.88. The minimum absolute atomic E-state index is 0.0631. The zero-order valence-corrected chi connectivity index (χ0v) is 11.0. The van der Waals surface area contributed by atoms with Gasteiger partial charge < -0.3 is 20.7 Å². The molecule has 7 heteroatoms. The van der Waals surface area contributed by atoms with Crippen molar-refractivity contribution in [2.75, 3.05) is 53.5 Å². The molecule has 0 aromatic rings. The van der Waals surface area contributed by atoms with E-state index in [1.165, 1.54) is 0 Å². The summed E-state index contributed by atoms with van der Waals surface area (Å²) in [6.07, 6.45) is 0.